The average molecular weight is 297 g/mol. The van der Waals surface area contributed by atoms with Gasteiger partial charge >= 0.3 is 5.97 Å². The highest BCUT2D eigenvalue weighted by Crippen LogP contribution is 2.21. The fourth-order valence-electron chi connectivity index (χ4n) is 1.69. The molecule has 20 heavy (non-hydrogen) atoms. The summed E-state index contributed by atoms with van der Waals surface area (Å²) < 4.78 is 5.01. The van der Waals surface area contributed by atoms with E-state index in [1.54, 1.807) is 18.7 Å². The van der Waals surface area contributed by atoms with Crippen LogP contribution in [0.2, 0.25) is 0 Å². The molecule has 6 heteroatoms. The molecule has 1 unspecified atom stereocenters. The number of amides is 1. The Labute approximate surface area is 122 Å². The number of hydrogen-bond acceptors (Lipinski definition) is 4. The van der Waals surface area contributed by atoms with Crippen LogP contribution >= 0.6 is 11.8 Å². The first-order valence-corrected chi connectivity index (χ1v) is 7.52. The zero-order valence-electron chi connectivity index (χ0n) is 11.6. The van der Waals surface area contributed by atoms with E-state index < -0.39 is 12.0 Å². The molecule has 0 saturated heterocycles. The number of hydrogen-bond donors (Lipinski definition) is 2. The van der Waals surface area contributed by atoms with Gasteiger partial charge in [0.1, 0.15) is 6.61 Å². The van der Waals surface area contributed by atoms with Crippen molar-refractivity contribution in [2.24, 2.45) is 0 Å². The zero-order valence-corrected chi connectivity index (χ0v) is 12.4. The van der Waals surface area contributed by atoms with Crippen molar-refractivity contribution >= 4 is 23.6 Å². The number of aliphatic carboxylic acids is 1. The van der Waals surface area contributed by atoms with E-state index in [1.165, 1.54) is 0 Å². The van der Waals surface area contributed by atoms with Crippen LogP contribution in [0.5, 0.6) is 0 Å². The standard InChI is InChI=1S/C14H19NO4S/c1-3-19-9-13(16)15-12(8-14(17)18)10-4-6-11(20-2)7-5-10/h4-7,12H,3,8-9H2,1-2H3,(H,15,16)(H,17,18). The number of rotatable bonds is 8. The normalized spacial score (nSPS) is 11.9. The number of thioether (sulfide) groups is 1. The van der Waals surface area contributed by atoms with E-state index in [0.29, 0.717) is 6.61 Å². The summed E-state index contributed by atoms with van der Waals surface area (Å²) in [6.45, 7) is 2.18. The Bertz CT molecular complexity index is 447. The lowest BCUT2D eigenvalue weighted by Crippen LogP contribution is -2.33. The van der Waals surface area contributed by atoms with Crippen molar-refractivity contribution in [2.75, 3.05) is 19.5 Å². The van der Waals surface area contributed by atoms with E-state index in [0.717, 1.165) is 10.5 Å². The summed E-state index contributed by atoms with van der Waals surface area (Å²) in [5.41, 5.74) is 0.773. The number of carboxylic acids is 1. The molecule has 2 N–H and O–H groups in total. The lowest BCUT2D eigenvalue weighted by atomic mass is 10.0. The second-order valence-corrected chi connectivity index (χ2v) is 5.01. The quantitative estimate of drug-likeness (QED) is 0.719. The highest BCUT2D eigenvalue weighted by atomic mass is 32.2. The van der Waals surface area contributed by atoms with E-state index in [9.17, 15) is 9.59 Å². The topological polar surface area (TPSA) is 75.6 Å². The van der Waals surface area contributed by atoms with Crippen LogP contribution in [0.25, 0.3) is 0 Å². The first-order chi connectivity index (χ1) is 9.56. The van der Waals surface area contributed by atoms with Crippen molar-refractivity contribution < 1.29 is 19.4 Å². The number of benzene rings is 1. The predicted molar refractivity (Wildman–Crippen MR) is 77.9 cm³/mol. The van der Waals surface area contributed by atoms with Crippen molar-refractivity contribution in [3.05, 3.63) is 29.8 Å². The van der Waals surface area contributed by atoms with Gasteiger partial charge in [-0.25, -0.2) is 0 Å². The Morgan fingerprint density at radius 2 is 2.00 bits per heavy atom. The Balaban J connectivity index is 2.76. The predicted octanol–water partition coefficient (Wildman–Crippen LogP) is 2.08. The van der Waals surface area contributed by atoms with Crippen molar-refractivity contribution in [1.82, 2.24) is 5.32 Å². The Hall–Kier alpha value is -1.53. The summed E-state index contributed by atoms with van der Waals surface area (Å²) in [7, 11) is 0. The third-order valence-corrected chi connectivity index (χ3v) is 3.41. The van der Waals surface area contributed by atoms with Gasteiger partial charge in [0, 0.05) is 11.5 Å². The molecule has 0 saturated carbocycles. The molecule has 0 spiro atoms. The molecule has 0 aromatic heterocycles. The summed E-state index contributed by atoms with van der Waals surface area (Å²) in [6, 6.07) is 6.94. The Morgan fingerprint density at radius 1 is 1.35 bits per heavy atom. The van der Waals surface area contributed by atoms with E-state index >= 15 is 0 Å². The van der Waals surface area contributed by atoms with Gasteiger partial charge in [-0.3, -0.25) is 9.59 Å². The summed E-state index contributed by atoms with van der Waals surface area (Å²) in [5.74, 6) is -1.27. The first-order valence-electron chi connectivity index (χ1n) is 6.29. The molecule has 1 rings (SSSR count). The smallest absolute Gasteiger partial charge is 0.305 e. The van der Waals surface area contributed by atoms with Crippen LogP contribution in [-0.2, 0) is 14.3 Å². The van der Waals surface area contributed by atoms with Gasteiger partial charge < -0.3 is 15.2 Å². The number of carbonyl (C=O) groups excluding carboxylic acids is 1. The molecule has 110 valence electrons. The lowest BCUT2D eigenvalue weighted by Gasteiger charge is -2.17. The van der Waals surface area contributed by atoms with Crippen LogP contribution in [-0.4, -0.2) is 36.5 Å². The molecule has 1 aromatic rings. The molecule has 0 fully saturated rings. The molecule has 1 aromatic carbocycles. The largest absolute Gasteiger partial charge is 0.481 e. The minimum Gasteiger partial charge on any atom is -0.481 e. The molecular formula is C14H19NO4S. The molecule has 0 aliphatic carbocycles. The maximum Gasteiger partial charge on any atom is 0.305 e. The van der Waals surface area contributed by atoms with Crippen molar-refractivity contribution in [2.45, 2.75) is 24.3 Å². The SMILES string of the molecule is CCOCC(=O)NC(CC(=O)O)c1ccc(SC)cc1. The number of carbonyl (C=O) groups is 2. The van der Waals surface area contributed by atoms with Gasteiger partial charge in [-0.15, -0.1) is 11.8 Å². The Morgan fingerprint density at radius 3 is 2.50 bits per heavy atom. The molecule has 0 heterocycles. The van der Waals surface area contributed by atoms with Gasteiger partial charge in [-0.2, -0.15) is 0 Å². The molecular weight excluding hydrogens is 278 g/mol. The van der Waals surface area contributed by atoms with Gasteiger partial charge in [-0.1, -0.05) is 12.1 Å². The van der Waals surface area contributed by atoms with Gasteiger partial charge in [0.05, 0.1) is 12.5 Å². The molecule has 0 radical (unpaired) electrons. The van der Waals surface area contributed by atoms with Crippen LogP contribution in [0.3, 0.4) is 0 Å². The Kier molecular flexibility index (Phi) is 7.11. The number of carboxylic acid groups (broad SMARTS) is 1. The second-order valence-electron chi connectivity index (χ2n) is 4.13. The van der Waals surface area contributed by atoms with Crippen molar-refractivity contribution in [3.63, 3.8) is 0 Å². The van der Waals surface area contributed by atoms with E-state index in [1.807, 2.05) is 30.5 Å². The average Bonchev–Trinajstić information content (AvgIpc) is 2.44. The van der Waals surface area contributed by atoms with E-state index in [4.69, 9.17) is 9.84 Å². The van der Waals surface area contributed by atoms with Crippen molar-refractivity contribution in [3.8, 4) is 0 Å². The maximum absolute atomic E-state index is 11.7. The maximum atomic E-state index is 11.7. The van der Waals surface area contributed by atoms with Gasteiger partial charge in [0.2, 0.25) is 5.91 Å². The minimum absolute atomic E-state index is 0.0600. The summed E-state index contributed by atoms with van der Waals surface area (Å²) in [5, 5.41) is 11.6. The number of ether oxygens (including phenoxy) is 1. The van der Waals surface area contributed by atoms with Crippen LogP contribution in [0.1, 0.15) is 24.9 Å². The summed E-state index contributed by atoms with van der Waals surface area (Å²) in [4.78, 5) is 23.7. The van der Waals surface area contributed by atoms with Crippen LogP contribution in [0.15, 0.2) is 29.2 Å². The monoisotopic (exact) mass is 297 g/mol. The third-order valence-electron chi connectivity index (χ3n) is 2.67. The van der Waals surface area contributed by atoms with Crippen LogP contribution < -0.4 is 5.32 Å². The van der Waals surface area contributed by atoms with Crippen molar-refractivity contribution in [1.29, 1.82) is 0 Å². The molecule has 1 amide bonds. The highest BCUT2D eigenvalue weighted by molar-refractivity contribution is 7.98. The fourth-order valence-corrected chi connectivity index (χ4v) is 2.10. The molecule has 1 atom stereocenters. The molecule has 0 aliphatic rings. The van der Waals surface area contributed by atoms with E-state index in [-0.39, 0.29) is 18.9 Å². The zero-order chi connectivity index (χ0) is 15.0. The fraction of sp³-hybridized carbons (Fsp3) is 0.429. The van der Waals surface area contributed by atoms with Crippen LogP contribution in [0.4, 0.5) is 0 Å². The molecule has 0 aliphatic heterocycles. The van der Waals surface area contributed by atoms with Crippen LogP contribution in [0, 0.1) is 0 Å². The summed E-state index contributed by atoms with van der Waals surface area (Å²) >= 11 is 1.60. The van der Waals surface area contributed by atoms with Gasteiger partial charge in [-0.05, 0) is 30.9 Å². The third kappa shape index (κ3) is 5.63. The molecule has 0 bridgehead atoms. The molecule has 5 nitrogen and oxygen atoms in total. The minimum atomic E-state index is -0.958. The summed E-state index contributed by atoms with van der Waals surface area (Å²) in [6.07, 6.45) is 1.81. The lowest BCUT2D eigenvalue weighted by molar-refractivity contribution is -0.138. The van der Waals surface area contributed by atoms with Gasteiger partial charge in [0.15, 0.2) is 0 Å². The number of nitrogens with one attached hydrogen (secondary N) is 1. The highest BCUT2D eigenvalue weighted by Gasteiger charge is 2.18. The van der Waals surface area contributed by atoms with Gasteiger partial charge in [0.25, 0.3) is 0 Å². The van der Waals surface area contributed by atoms with E-state index in [2.05, 4.69) is 5.32 Å². The first kappa shape index (κ1) is 16.5. The second kappa shape index (κ2) is 8.60.